The minimum absolute atomic E-state index is 0.412. The Balaban J connectivity index is 2.37. The highest BCUT2D eigenvalue weighted by molar-refractivity contribution is 5.68. The fourth-order valence-corrected chi connectivity index (χ4v) is 1.07. The summed E-state index contributed by atoms with van der Waals surface area (Å²) in [7, 11) is 0. The number of alkyl halides is 2. The van der Waals surface area contributed by atoms with Gasteiger partial charge < -0.3 is 14.7 Å². The monoisotopic (exact) mass is 181 g/mol. The Morgan fingerprint density at radius 3 is 2.33 bits per heavy atom. The van der Waals surface area contributed by atoms with Crippen LogP contribution in [0.2, 0.25) is 0 Å². The first kappa shape index (κ1) is 9.18. The van der Waals surface area contributed by atoms with Crippen molar-refractivity contribution in [1.29, 1.82) is 0 Å². The molecule has 0 spiro atoms. The van der Waals surface area contributed by atoms with E-state index in [0.29, 0.717) is 13.1 Å². The van der Waals surface area contributed by atoms with Gasteiger partial charge in [0.1, 0.15) is 0 Å². The molecule has 1 heterocycles. The normalized spacial score (nSPS) is 18.1. The van der Waals surface area contributed by atoms with E-state index in [9.17, 15) is 13.6 Å². The van der Waals surface area contributed by atoms with Gasteiger partial charge in [0.05, 0.1) is 0 Å². The van der Waals surface area contributed by atoms with Crippen LogP contribution < -0.4 is 0 Å². The van der Waals surface area contributed by atoms with E-state index in [4.69, 9.17) is 5.11 Å². The highest BCUT2D eigenvalue weighted by Crippen LogP contribution is 2.15. The van der Waals surface area contributed by atoms with Crippen molar-refractivity contribution in [2.75, 3.05) is 13.1 Å². The number of rotatable bonds is 1. The van der Waals surface area contributed by atoms with E-state index in [1.807, 2.05) is 0 Å². The molecule has 0 aliphatic carbocycles. The van der Waals surface area contributed by atoms with Crippen molar-refractivity contribution in [2.24, 2.45) is 0 Å². The number of ether oxygens (including phenoxy) is 1. The maximum absolute atomic E-state index is 11.7. The Morgan fingerprint density at radius 1 is 1.42 bits per heavy atom. The van der Waals surface area contributed by atoms with Crippen molar-refractivity contribution in [3.63, 3.8) is 0 Å². The van der Waals surface area contributed by atoms with Crippen molar-refractivity contribution in [3.8, 4) is 0 Å². The fourth-order valence-electron chi connectivity index (χ4n) is 1.07. The van der Waals surface area contributed by atoms with E-state index in [2.05, 4.69) is 4.74 Å². The molecule has 0 saturated carbocycles. The fraction of sp³-hybridized carbons (Fsp3) is 0.833. The van der Waals surface area contributed by atoms with E-state index in [1.165, 1.54) is 0 Å². The summed E-state index contributed by atoms with van der Waals surface area (Å²) < 4.78 is 26.9. The van der Waals surface area contributed by atoms with Gasteiger partial charge in [-0.15, -0.1) is 8.78 Å². The lowest BCUT2D eigenvalue weighted by Gasteiger charge is -2.16. The maximum atomic E-state index is 11.7. The lowest BCUT2D eigenvalue weighted by atomic mass is 10.4. The number of carbonyl (C=O) groups is 1. The van der Waals surface area contributed by atoms with E-state index < -0.39 is 12.4 Å². The molecular weight excluding hydrogens is 172 g/mol. The zero-order chi connectivity index (χ0) is 9.19. The minimum atomic E-state index is -4.36. The molecule has 0 unspecified atom stereocenters. The van der Waals surface area contributed by atoms with Crippen LogP contribution in [-0.2, 0) is 4.74 Å². The molecule has 1 amide bonds. The summed E-state index contributed by atoms with van der Waals surface area (Å²) in [5.41, 5.74) is 0. The Labute approximate surface area is 67.7 Å². The standard InChI is InChI=1S/C6H9F2NO3/c7-6(8,11)12-5(10)9-3-1-2-4-9/h11H,1-4H2. The number of carbonyl (C=O) groups excluding carboxylic acids is 1. The molecule has 0 bridgehead atoms. The van der Waals surface area contributed by atoms with Gasteiger partial charge in [-0.1, -0.05) is 0 Å². The molecule has 1 N–H and O–H groups in total. The van der Waals surface area contributed by atoms with Crippen LogP contribution in [0.3, 0.4) is 0 Å². The molecular formula is C6H9F2NO3. The van der Waals surface area contributed by atoms with Crippen LogP contribution in [0.5, 0.6) is 0 Å². The average Bonchev–Trinajstić information content (AvgIpc) is 2.32. The van der Waals surface area contributed by atoms with Crippen LogP contribution in [0, 0.1) is 0 Å². The molecule has 0 aromatic carbocycles. The molecule has 4 nitrogen and oxygen atoms in total. The summed E-state index contributed by atoms with van der Waals surface area (Å²) in [5.74, 6) is 0. The molecule has 0 atom stereocenters. The predicted molar refractivity (Wildman–Crippen MR) is 34.5 cm³/mol. The summed E-state index contributed by atoms with van der Waals surface area (Å²) in [6, 6.07) is 0. The lowest BCUT2D eigenvalue weighted by molar-refractivity contribution is -0.344. The first-order valence-electron chi connectivity index (χ1n) is 3.57. The van der Waals surface area contributed by atoms with Gasteiger partial charge >= 0.3 is 12.4 Å². The van der Waals surface area contributed by atoms with E-state index >= 15 is 0 Å². The molecule has 0 radical (unpaired) electrons. The Morgan fingerprint density at radius 2 is 1.92 bits per heavy atom. The van der Waals surface area contributed by atoms with Crippen molar-refractivity contribution >= 4 is 6.09 Å². The largest absolute Gasteiger partial charge is 0.536 e. The third-order valence-electron chi connectivity index (χ3n) is 1.57. The number of aliphatic hydroxyl groups is 1. The van der Waals surface area contributed by atoms with E-state index in [0.717, 1.165) is 17.7 Å². The number of amides is 1. The van der Waals surface area contributed by atoms with Crippen molar-refractivity contribution in [2.45, 2.75) is 19.1 Å². The molecule has 1 aliphatic rings. The SMILES string of the molecule is O=C(OC(O)(F)F)N1CCCC1. The average molecular weight is 181 g/mol. The van der Waals surface area contributed by atoms with Gasteiger partial charge in [-0.25, -0.2) is 4.79 Å². The van der Waals surface area contributed by atoms with E-state index in [-0.39, 0.29) is 0 Å². The molecule has 1 saturated heterocycles. The summed E-state index contributed by atoms with van der Waals surface area (Å²) in [5, 5.41) is 7.85. The first-order valence-corrected chi connectivity index (χ1v) is 3.57. The van der Waals surface area contributed by atoms with Gasteiger partial charge in [0, 0.05) is 13.1 Å². The maximum Gasteiger partial charge on any atom is 0.536 e. The molecule has 1 aliphatic heterocycles. The molecule has 1 fully saturated rings. The highest BCUT2D eigenvalue weighted by atomic mass is 19.3. The topological polar surface area (TPSA) is 49.8 Å². The molecule has 1 rings (SSSR count). The minimum Gasteiger partial charge on any atom is -0.360 e. The number of likely N-dealkylation sites (tertiary alicyclic amines) is 1. The Kier molecular flexibility index (Phi) is 2.46. The molecule has 0 aromatic rings. The Hall–Kier alpha value is -0.910. The highest BCUT2D eigenvalue weighted by Gasteiger charge is 2.33. The second-order valence-electron chi connectivity index (χ2n) is 2.55. The lowest BCUT2D eigenvalue weighted by Crippen LogP contribution is -2.34. The third-order valence-corrected chi connectivity index (χ3v) is 1.57. The van der Waals surface area contributed by atoms with Gasteiger partial charge in [0.25, 0.3) is 0 Å². The molecule has 6 heteroatoms. The quantitative estimate of drug-likeness (QED) is 0.607. The first-order chi connectivity index (χ1) is 5.49. The van der Waals surface area contributed by atoms with Crippen molar-refractivity contribution in [1.82, 2.24) is 4.90 Å². The van der Waals surface area contributed by atoms with Crippen LogP contribution in [0.15, 0.2) is 0 Å². The van der Waals surface area contributed by atoms with Gasteiger partial charge in [0.15, 0.2) is 0 Å². The molecule has 0 aromatic heterocycles. The predicted octanol–water partition coefficient (Wildman–Crippen LogP) is 0.761. The summed E-state index contributed by atoms with van der Waals surface area (Å²) >= 11 is 0. The van der Waals surface area contributed by atoms with Gasteiger partial charge in [-0.3, -0.25) is 0 Å². The van der Waals surface area contributed by atoms with Crippen molar-refractivity contribution in [3.05, 3.63) is 0 Å². The summed E-state index contributed by atoms with van der Waals surface area (Å²) in [4.78, 5) is 11.9. The number of nitrogens with zero attached hydrogens (tertiary/aromatic N) is 1. The van der Waals surface area contributed by atoms with Gasteiger partial charge in [-0.2, -0.15) is 0 Å². The molecule has 12 heavy (non-hydrogen) atoms. The zero-order valence-electron chi connectivity index (χ0n) is 6.30. The van der Waals surface area contributed by atoms with Crippen LogP contribution in [-0.4, -0.2) is 35.5 Å². The molecule has 70 valence electrons. The second kappa shape index (κ2) is 3.22. The van der Waals surface area contributed by atoms with Gasteiger partial charge in [0.2, 0.25) is 0 Å². The van der Waals surface area contributed by atoms with Crippen LogP contribution in [0.1, 0.15) is 12.8 Å². The number of hydrogen-bond donors (Lipinski definition) is 1. The Bertz CT molecular complexity index is 174. The van der Waals surface area contributed by atoms with Crippen LogP contribution >= 0.6 is 0 Å². The third kappa shape index (κ3) is 2.61. The van der Waals surface area contributed by atoms with Gasteiger partial charge in [-0.05, 0) is 12.8 Å². The van der Waals surface area contributed by atoms with Crippen LogP contribution in [0.25, 0.3) is 0 Å². The number of hydrogen-bond acceptors (Lipinski definition) is 3. The summed E-state index contributed by atoms with van der Waals surface area (Å²) in [6.07, 6.45) is -3.96. The number of halogens is 2. The van der Waals surface area contributed by atoms with Crippen LogP contribution in [0.4, 0.5) is 13.6 Å². The zero-order valence-corrected chi connectivity index (χ0v) is 6.30. The van der Waals surface area contributed by atoms with Crippen molar-refractivity contribution < 1.29 is 23.4 Å². The summed E-state index contributed by atoms with van der Waals surface area (Å²) in [6.45, 7) is 0.823. The smallest absolute Gasteiger partial charge is 0.360 e. The second-order valence-corrected chi connectivity index (χ2v) is 2.55. The van der Waals surface area contributed by atoms with E-state index in [1.54, 1.807) is 0 Å².